The fourth-order valence-electron chi connectivity index (χ4n) is 2.81. The number of hydrogen-bond donors (Lipinski definition) is 1. The van der Waals surface area contributed by atoms with Crippen LogP contribution in [0.5, 0.6) is 0 Å². The van der Waals surface area contributed by atoms with Crippen LogP contribution in [0.3, 0.4) is 0 Å². The van der Waals surface area contributed by atoms with Gasteiger partial charge in [0.05, 0.1) is 5.92 Å². The molecule has 8 heteroatoms. The molecule has 0 aliphatic carbocycles. The molecule has 1 unspecified atom stereocenters. The molecule has 3 rings (SSSR count). The van der Waals surface area contributed by atoms with Crippen molar-refractivity contribution in [2.24, 2.45) is 5.92 Å². The molecule has 0 saturated carbocycles. The quantitative estimate of drug-likeness (QED) is 0.832. The summed E-state index contributed by atoms with van der Waals surface area (Å²) in [5, 5.41) is 5.02. The van der Waals surface area contributed by atoms with Crippen LogP contribution in [-0.2, 0) is 9.59 Å². The molecule has 1 aliphatic heterocycles. The maximum atomic E-state index is 13.6. The first-order chi connectivity index (χ1) is 12.5. The summed E-state index contributed by atoms with van der Waals surface area (Å²) in [7, 11) is 0. The molecular formula is C18H17F2N3O2S. The first-order valence-electron chi connectivity index (χ1n) is 8.16. The SMILES string of the molecule is O=C(Nc1nccs1)C1CCCN(C(=O)/C=C/c2c(F)cccc2F)C1. The van der Waals surface area contributed by atoms with Crippen LogP contribution in [0.1, 0.15) is 18.4 Å². The van der Waals surface area contributed by atoms with Crippen molar-refractivity contribution >= 4 is 34.4 Å². The van der Waals surface area contributed by atoms with Gasteiger partial charge in [0.25, 0.3) is 0 Å². The minimum atomic E-state index is -0.728. The third-order valence-electron chi connectivity index (χ3n) is 4.16. The van der Waals surface area contributed by atoms with Crippen LogP contribution in [-0.4, -0.2) is 34.8 Å². The number of carbonyl (C=O) groups is 2. The normalized spacial score (nSPS) is 17.5. The van der Waals surface area contributed by atoms with Crippen molar-refractivity contribution in [3.63, 3.8) is 0 Å². The molecule has 0 bridgehead atoms. The van der Waals surface area contributed by atoms with E-state index in [1.807, 2.05) is 0 Å². The zero-order valence-electron chi connectivity index (χ0n) is 13.8. The van der Waals surface area contributed by atoms with E-state index in [9.17, 15) is 18.4 Å². The average molecular weight is 377 g/mol. The number of benzene rings is 1. The lowest BCUT2D eigenvalue weighted by Gasteiger charge is -2.31. The molecule has 2 aromatic rings. The van der Waals surface area contributed by atoms with Gasteiger partial charge in [0.1, 0.15) is 11.6 Å². The number of anilines is 1. The molecule has 1 aliphatic rings. The second kappa shape index (κ2) is 8.18. The number of nitrogens with one attached hydrogen (secondary N) is 1. The third-order valence-corrected chi connectivity index (χ3v) is 4.85. The summed E-state index contributed by atoms with van der Waals surface area (Å²) in [4.78, 5) is 30.2. The Labute approximate surface area is 153 Å². The van der Waals surface area contributed by atoms with E-state index >= 15 is 0 Å². The van der Waals surface area contributed by atoms with Gasteiger partial charge in [-0.15, -0.1) is 11.3 Å². The van der Waals surface area contributed by atoms with E-state index in [4.69, 9.17) is 0 Å². The van der Waals surface area contributed by atoms with Gasteiger partial charge >= 0.3 is 0 Å². The van der Waals surface area contributed by atoms with E-state index in [0.29, 0.717) is 24.5 Å². The number of carbonyl (C=O) groups excluding carboxylic acids is 2. The van der Waals surface area contributed by atoms with E-state index in [1.165, 1.54) is 22.3 Å². The van der Waals surface area contributed by atoms with E-state index in [1.54, 1.807) is 11.6 Å². The number of likely N-dealkylation sites (tertiary alicyclic amines) is 1. The number of aromatic nitrogens is 1. The predicted molar refractivity (Wildman–Crippen MR) is 95.4 cm³/mol. The summed E-state index contributed by atoms with van der Waals surface area (Å²) in [5.74, 6) is -2.35. The third kappa shape index (κ3) is 4.32. The Balaban J connectivity index is 1.62. The highest BCUT2D eigenvalue weighted by Crippen LogP contribution is 2.20. The summed E-state index contributed by atoms with van der Waals surface area (Å²) in [6.07, 6.45) is 5.23. The molecule has 1 N–H and O–H groups in total. The van der Waals surface area contributed by atoms with Crippen molar-refractivity contribution < 1.29 is 18.4 Å². The molecule has 2 heterocycles. The molecule has 0 radical (unpaired) electrons. The van der Waals surface area contributed by atoms with Gasteiger partial charge in [0.2, 0.25) is 11.8 Å². The molecule has 1 aromatic heterocycles. The highest BCUT2D eigenvalue weighted by atomic mass is 32.1. The Hall–Kier alpha value is -2.61. The van der Waals surface area contributed by atoms with Gasteiger partial charge in [-0.1, -0.05) is 6.07 Å². The molecule has 1 aromatic carbocycles. The molecular weight excluding hydrogens is 360 g/mol. The van der Waals surface area contributed by atoms with Crippen molar-refractivity contribution in [2.45, 2.75) is 12.8 Å². The summed E-state index contributed by atoms with van der Waals surface area (Å²) in [5.41, 5.74) is -0.254. The minimum absolute atomic E-state index is 0.179. The Morgan fingerprint density at radius 1 is 1.31 bits per heavy atom. The highest BCUT2D eigenvalue weighted by molar-refractivity contribution is 7.13. The van der Waals surface area contributed by atoms with E-state index in [0.717, 1.165) is 24.3 Å². The lowest BCUT2D eigenvalue weighted by atomic mass is 9.97. The van der Waals surface area contributed by atoms with E-state index < -0.39 is 11.6 Å². The standard InChI is InChI=1S/C18H17F2N3O2S/c19-14-4-1-5-15(20)13(14)6-7-16(24)23-9-2-3-12(11-23)17(25)22-18-21-8-10-26-18/h1,4-8,10,12H,2-3,9,11H2,(H,21,22,25)/b7-6+. The molecule has 26 heavy (non-hydrogen) atoms. The summed E-state index contributed by atoms with van der Waals surface area (Å²) >= 11 is 1.32. The summed E-state index contributed by atoms with van der Waals surface area (Å²) in [6.45, 7) is 0.768. The first-order valence-corrected chi connectivity index (χ1v) is 9.04. The largest absolute Gasteiger partial charge is 0.338 e. The van der Waals surface area contributed by atoms with Crippen molar-refractivity contribution in [2.75, 3.05) is 18.4 Å². The number of nitrogens with zero attached hydrogens (tertiary/aromatic N) is 2. The van der Waals surface area contributed by atoms with Crippen LogP contribution in [0.4, 0.5) is 13.9 Å². The van der Waals surface area contributed by atoms with Gasteiger partial charge in [-0.2, -0.15) is 0 Å². The average Bonchev–Trinajstić information content (AvgIpc) is 3.14. The van der Waals surface area contributed by atoms with Gasteiger partial charge in [0.15, 0.2) is 5.13 Å². The predicted octanol–water partition coefficient (Wildman–Crippen LogP) is 3.31. The van der Waals surface area contributed by atoms with Crippen molar-refractivity contribution in [1.82, 2.24) is 9.88 Å². The zero-order valence-corrected chi connectivity index (χ0v) is 14.6. The van der Waals surface area contributed by atoms with Gasteiger partial charge in [-0.25, -0.2) is 13.8 Å². The van der Waals surface area contributed by atoms with Gasteiger partial charge < -0.3 is 10.2 Å². The molecule has 1 saturated heterocycles. The zero-order chi connectivity index (χ0) is 18.5. The van der Waals surface area contributed by atoms with Gasteiger partial charge in [0, 0.05) is 36.3 Å². The van der Waals surface area contributed by atoms with Gasteiger partial charge in [-0.3, -0.25) is 9.59 Å². The Morgan fingerprint density at radius 2 is 2.08 bits per heavy atom. The molecule has 2 amide bonds. The molecule has 1 atom stereocenters. The van der Waals surface area contributed by atoms with Crippen molar-refractivity contribution in [3.8, 4) is 0 Å². The Morgan fingerprint density at radius 3 is 2.77 bits per heavy atom. The Bertz CT molecular complexity index is 804. The second-order valence-corrected chi connectivity index (χ2v) is 6.81. The second-order valence-electron chi connectivity index (χ2n) is 5.92. The van der Waals surface area contributed by atoms with Crippen molar-refractivity contribution in [3.05, 3.63) is 53.0 Å². The molecule has 1 fully saturated rings. The number of piperidine rings is 1. The molecule has 5 nitrogen and oxygen atoms in total. The number of thiazole rings is 1. The van der Waals surface area contributed by atoms with Crippen LogP contribution >= 0.6 is 11.3 Å². The van der Waals surface area contributed by atoms with Crippen LogP contribution in [0.15, 0.2) is 35.9 Å². The fraction of sp³-hybridized carbons (Fsp3) is 0.278. The van der Waals surface area contributed by atoms with Crippen LogP contribution in [0, 0.1) is 17.6 Å². The number of halogens is 2. The summed E-state index contributed by atoms with van der Waals surface area (Å²) < 4.78 is 27.2. The van der Waals surface area contributed by atoms with Gasteiger partial charge in [-0.05, 0) is 31.1 Å². The summed E-state index contributed by atoms with van der Waals surface area (Å²) in [6, 6.07) is 3.53. The molecule has 136 valence electrons. The number of amides is 2. The number of rotatable bonds is 4. The highest BCUT2D eigenvalue weighted by Gasteiger charge is 2.28. The lowest BCUT2D eigenvalue weighted by molar-refractivity contribution is -0.130. The topological polar surface area (TPSA) is 62.3 Å². The fourth-order valence-corrected chi connectivity index (χ4v) is 3.35. The van der Waals surface area contributed by atoms with E-state index in [2.05, 4.69) is 10.3 Å². The van der Waals surface area contributed by atoms with Crippen LogP contribution in [0.2, 0.25) is 0 Å². The van der Waals surface area contributed by atoms with Crippen LogP contribution < -0.4 is 5.32 Å². The maximum absolute atomic E-state index is 13.6. The van der Waals surface area contributed by atoms with Crippen molar-refractivity contribution in [1.29, 1.82) is 0 Å². The first kappa shape index (κ1) is 18.2. The minimum Gasteiger partial charge on any atom is -0.338 e. The Kier molecular flexibility index (Phi) is 5.72. The monoisotopic (exact) mass is 377 g/mol. The maximum Gasteiger partial charge on any atom is 0.246 e. The lowest BCUT2D eigenvalue weighted by Crippen LogP contribution is -2.43. The smallest absolute Gasteiger partial charge is 0.246 e. The number of hydrogen-bond acceptors (Lipinski definition) is 4. The van der Waals surface area contributed by atoms with E-state index in [-0.39, 0.29) is 29.8 Å². The van der Waals surface area contributed by atoms with Crippen LogP contribution in [0.25, 0.3) is 6.08 Å². The molecule has 0 spiro atoms.